The Morgan fingerprint density at radius 2 is 1.82 bits per heavy atom. The summed E-state index contributed by atoms with van der Waals surface area (Å²) >= 11 is 1.40. The number of rotatable bonds is 6. The van der Waals surface area contributed by atoms with Crippen molar-refractivity contribution in [3.63, 3.8) is 0 Å². The van der Waals surface area contributed by atoms with Crippen LogP contribution in [0.1, 0.15) is 28.7 Å². The number of anilines is 1. The molecule has 0 saturated heterocycles. The number of nitrogens with zero attached hydrogens (tertiary/aromatic N) is 2. The SMILES string of the molecule is CCc1csc2nc(C)c(NC(=O)c3cc(OC)c(OC)c(OC)c3)c(=O)n12. The van der Waals surface area contributed by atoms with E-state index in [2.05, 4.69) is 10.3 Å². The van der Waals surface area contributed by atoms with Crippen molar-refractivity contribution in [2.75, 3.05) is 26.6 Å². The molecule has 9 heteroatoms. The zero-order valence-electron chi connectivity index (χ0n) is 16.3. The Balaban J connectivity index is 2.05. The fraction of sp³-hybridized carbons (Fsp3) is 0.316. The molecule has 0 fully saturated rings. The number of nitrogens with one attached hydrogen (secondary N) is 1. The highest BCUT2D eigenvalue weighted by molar-refractivity contribution is 7.15. The summed E-state index contributed by atoms with van der Waals surface area (Å²) in [5, 5.41) is 4.58. The van der Waals surface area contributed by atoms with Gasteiger partial charge in [-0.05, 0) is 25.5 Å². The standard InChI is InChI=1S/C19H21N3O5S/c1-6-12-9-28-19-20-10(2)15(18(24)22(12)19)21-17(23)11-7-13(25-3)16(27-5)14(8-11)26-4/h7-9H,6H2,1-5H3,(H,21,23). The minimum Gasteiger partial charge on any atom is -0.493 e. The Hall–Kier alpha value is -3.07. The van der Waals surface area contributed by atoms with Crippen LogP contribution in [-0.4, -0.2) is 36.6 Å². The second kappa shape index (κ2) is 7.89. The summed E-state index contributed by atoms with van der Waals surface area (Å²) in [6.07, 6.45) is 0.685. The number of thiazole rings is 1. The van der Waals surface area contributed by atoms with Gasteiger partial charge in [0.05, 0.1) is 27.0 Å². The number of carbonyl (C=O) groups excluding carboxylic acids is 1. The van der Waals surface area contributed by atoms with E-state index in [1.54, 1.807) is 6.92 Å². The average molecular weight is 403 g/mol. The number of hydrogen-bond acceptors (Lipinski definition) is 7. The summed E-state index contributed by atoms with van der Waals surface area (Å²) in [4.78, 5) is 30.8. The van der Waals surface area contributed by atoms with Crippen LogP contribution in [0.4, 0.5) is 5.69 Å². The summed E-state index contributed by atoms with van der Waals surface area (Å²) in [6, 6.07) is 3.05. The average Bonchev–Trinajstić information content (AvgIpc) is 3.12. The van der Waals surface area contributed by atoms with E-state index in [9.17, 15) is 9.59 Å². The number of benzene rings is 1. The third kappa shape index (κ3) is 3.29. The van der Waals surface area contributed by atoms with Crippen LogP contribution < -0.4 is 25.1 Å². The van der Waals surface area contributed by atoms with E-state index >= 15 is 0 Å². The molecule has 0 aliphatic carbocycles. The smallest absolute Gasteiger partial charge is 0.282 e. The highest BCUT2D eigenvalue weighted by Crippen LogP contribution is 2.38. The predicted molar refractivity (Wildman–Crippen MR) is 108 cm³/mol. The van der Waals surface area contributed by atoms with Gasteiger partial charge in [0.25, 0.3) is 11.5 Å². The number of methoxy groups -OCH3 is 3. The van der Waals surface area contributed by atoms with Crippen LogP contribution in [0.3, 0.4) is 0 Å². The van der Waals surface area contributed by atoms with E-state index in [-0.39, 0.29) is 16.8 Å². The van der Waals surface area contributed by atoms with Gasteiger partial charge in [-0.2, -0.15) is 0 Å². The molecular weight excluding hydrogens is 382 g/mol. The maximum Gasteiger partial charge on any atom is 0.282 e. The Kier molecular flexibility index (Phi) is 5.55. The first kappa shape index (κ1) is 19.7. The van der Waals surface area contributed by atoms with Gasteiger partial charge in [0.15, 0.2) is 16.5 Å². The molecule has 2 heterocycles. The second-order valence-electron chi connectivity index (χ2n) is 5.94. The van der Waals surface area contributed by atoms with E-state index in [1.807, 2.05) is 12.3 Å². The molecule has 0 radical (unpaired) electrons. The Morgan fingerprint density at radius 3 is 2.36 bits per heavy atom. The zero-order chi connectivity index (χ0) is 20.4. The molecule has 28 heavy (non-hydrogen) atoms. The third-order valence-electron chi connectivity index (χ3n) is 4.35. The van der Waals surface area contributed by atoms with E-state index in [0.29, 0.717) is 34.3 Å². The molecule has 0 bridgehead atoms. The van der Waals surface area contributed by atoms with Crippen LogP contribution >= 0.6 is 11.3 Å². The Labute approximate surface area is 165 Å². The highest BCUT2D eigenvalue weighted by atomic mass is 32.1. The van der Waals surface area contributed by atoms with Crippen molar-refractivity contribution in [3.05, 3.63) is 44.8 Å². The van der Waals surface area contributed by atoms with Crippen LogP contribution in [0.5, 0.6) is 17.2 Å². The lowest BCUT2D eigenvalue weighted by Gasteiger charge is -2.14. The molecule has 3 rings (SSSR count). The van der Waals surface area contributed by atoms with Crippen LogP contribution in [-0.2, 0) is 6.42 Å². The molecule has 3 aromatic rings. The van der Waals surface area contributed by atoms with Gasteiger partial charge in [-0.25, -0.2) is 4.98 Å². The van der Waals surface area contributed by atoms with Gasteiger partial charge in [0.1, 0.15) is 5.69 Å². The van der Waals surface area contributed by atoms with Gasteiger partial charge in [0, 0.05) is 16.6 Å². The van der Waals surface area contributed by atoms with Crippen molar-refractivity contribution in [3.8, 4) is 17.2 Å². The fourth-order valence-corrected chi connectivity index (χ4v) is 3.90. The van der Waals surface area contributed by atoms with Crippen molar-refractivity contribution in [1.82, 2.24) is 9.38 Å². The number of amides is 1. The predicted octanol–water partition coefficient (Wildman–Crippen LogP) is 2.90. The molecule has 1 N–H and O–H groups in total. The van der Waals surface area contributed by atoms with Gasteiger partial charge < -0.3 is 19.5 Å². The molecule has 1 aromatic carbocycles. The molecule has 0 unspecified atom stereocenters. The van der Waals surface area contributed by atoms with Crippen LogP contribution in [0.25, 0.3) is 4.96 Å². The molecule has 0 aliphatic heterocycles. The fourth-order valence-electron chi connectivity index (χ4n) is 2.89. The van der Waals surface area contributed by atoms with Gasteiger partial charge in [-0.1, -0.05) is 6.92 Å². The van der Waals surface area contributed by atoms with Crippen LogP contribution in [0, 0.1) is 6.92 Å². The lowest BCUT2D eigenvalue weighted by molar-refractivity contribution is 0.102. The molecule has 2 aromatic heterocycles. The van der Waals surface area contributed by atoms with Gasteiger partial charge in [0.2, 0.25) is 5.75 Å². The quantitative estimate of drug-likeness (QED) is 0.681. The maximum absolute atomic E-state index is 12.9. The van der Waals surface area contributed by atoms with E-state index in [0.717, 1.165) is 5.69 Å². The van der Waals surface area contributed by atoms with E-state index < -0.39 is 5.91 Å². The summed E-state index contributed by atoms with van der Waals surface area (Å²) in [5.41, 5.74) is 1.40. The largest absolute Gasteiger partial charge is 0.493 e. The Bertz CT molecular complexity index is 1080. The van der Waals surface area contributed by atoms with Gasteiger partial charge >= 0.3 is 0 Å². The van der Waals surface area contributed by atoms with Crippen LogP contribution in [0.15, 0.2) is 22.3 Å². The number of hydrogen-bond donors (Lipinski definition) is 1. The summed E-state index contributed by atoms with van der Waals surface area (Å²) in [5.74, 6) is 0.599. The maximum atomic E-state index is 12.9. The van der Waals surface area contributed by atoms with Crippen molar-refractivity contribution in [2.24, 2.45) is 0 Å². The molecule has 1 amide bonds. The summed E-state index contributed by atoms with van der Waals surface area (Å²) in [6.45, 7) is 3.65. The van der Waals surface area contributed by atoms with Gasteiger partial charge in [-0.3, -0.25) is 14.0 Å². The highest BCUT2D eigenvalue weighted by Gasteiger charge is 2.20. The van der Waals surface area contributed by atoms with E-state index in [4.69, 9.17) is 14.2 Å². The van der Waals surface area contributed by atoms with Crippen molar-refractivity contribution >= 4 is 27.9 Å². The lowest BCUT2D eigenvalue weighted by atomic mass is 10.1. The number of aromatic nitrogens is 2. The summed E-state index contributed by atoms with van der Waals surface area (Å²) in [7, 11) is 4.42. The summed E-state index contributed by atoms with van der Waals surface area (Å²) < 4.78 is 17.4. The van der Waals surface area contributed by atoms with Crippen LogP contribution in [0.2, 0.25) is 0 Å². The monoisotopic (exact) mass is 403 g/mol. The van der Waals surface area contributed by atoms with Crippen molar-refractivity contribution in [2.45, 2.75) is 20.3 Å². The topological polar surface area (TPSA) is 91.2 Å². The minimum absolute atomic E-state index is 0.143. The number of aryl methyl sites for hydroxylation is 2. The molecule has 0 spiro atoms. The van der Waals surface area contributed by atoms with E-state index in [1.165, 1.54) is 49.2 Å². The number of carbonyl (C=O) groups is 1. The van der Waals surface area contributed by atoms with Crippen molar-refractivity contribution in [1.29, 1.82) is 0 Å². The first-order valence-electron chi connectivity index (χ1n) is 8.56. The second-order valence-corrected chi connectivity index (χ2v) is 6.78. The molecular formula is C19H21N3O5S. The third-order valence-corrected chi connectivity index (χ3v) is 5.22. The molecule has 8 nitrogen and oxygen atoms in total. The first-order chi connectivity index (χ1) is 13.4. The first-order valence-corrected chi connectivity index (χ1v) is 9.44. The molecule has 0 saturated carbocycles. The molecule has 0 aliphatic rings. The molecule has 0 atom stereocenters. The number of fused-ring (bicyclic) bond motifs is 1. The minimum atomic E-state index is -0.477. The number of ether oxygens (including phenoxy) is 3. The Morgan fingerprint density at radius 1 is 1.18 bits per heavy atom. The van der Waals surface area contributed by atoms with Gasteiger partial charge in [-0.15, -0.1) is 11.3 Å². The van der Waals surface area contributed by atoms with Crippen molar-refractivity contribution < 1.29 is 19.0 Å². The zero-order valence-corrected chi connectivity index (χ0v) is 17.1. The molecule has 148 valence electrons. The normalized spacial score (nSPS) is 10.8. The lowest BCUT2D eigenvalue weighted by Crippen LogP contribution is -2.25.